The van der Waals surface area contributed by atoms with Gasteiger partial charge in [0.1, 0.15) is 11.6 Å². The van der Waals surface area contributed by atoms with E-state index in [0.717, 1.165) is 23.6 Å². The second kappa shape index (κ2) is 4.97. The first-order valence-electron chi connectivity index (χ1n) is 5.48. The summed E-state index contributed by atoms with van der Waals surface area (Å²) in [6.45, 7) is 0.604. The standard InChI is InChI=1S/C14H14FNO/c15-14-9-12(17)5-6-13(14)11-3-1-10(2-4-11)7-8-16/h1-6,9,17H,7-8,16H2. The summed E-state index contributed by atoms with van der Waals surface area (Å²) < 4.78 is 13.6. The Balaban J connectivity index is 2.33. The van der Waals surface area contributed by atoms with E-state index < -0.39 is 5.82 Å². The maximum Gasteiger partial charge on any atom is 0.134 e. The molecule has 0 bridgehead atoms. The maximum absolute atomic E-state index is 13.6. The van der Waals surface area contributed by atoms with Crippen LogP contribution in [0, 0.1) is 5.82 Å². The predicted molar refractivity (Wildman–Crippen MR) is 66.3 cm³/mol. The molecule has 3 heteroatoms. The van der Waals surface area contributed by atoms with Gasteiger partial charge in [-0.15, -0.1) is 0 Å². The molecule has 0 radical (unpaired) electrons. The molecule has 0 saturated heterocycles. The van der Waals surface area contributed by atoms with Crippen LogP contribution in [0.2, 0.25) is 0 Å². The van der Waals surface area contributed by atoms with E-state index in [-0.39, 0.29) is 5.75 Å². The zero-order valence-electron chi connectivity index (χ0n) is 9.36. The second-order valence-corrected chi connectivity index (χ2v) is 3.90. The third-order valence-corrected chi connectivity index (χ3v) is 2.65. The molecule has 0 unspecified atom stereocenters. The van der Waals surface area contributed by atoms with E-state index in [1.165, 1.54) is 6.07 Å². The van der Waals surface area contributed by atoms with Gasteiger partial charge in [0.25, 0.3) is 0 Å². The highest BCUT2D eigenvalue weighted by Crippen LogP contribution is 2.25. The largest absolute Gasteiger partial charge is 0.508 e. The lowest BCUT2D eigenvalue weighted by Gasteiger charge is -2.05. The quantitative estimate of drug-likeness (QED) is 0.853. The fraction of sp³-hybridized carbons (Fsp3) is 0.143. The van der Waals surface area contributed by atoms with Crippen LogP contribution in [0.25, 0.3) is 11.1 Å². The zero-order chi connectivity index (χ0) is 12.3. The monoisotopic (exact) mass is 231 g/mol. The Bertz CT molecular complexity index is 508. The molecule has 0 aliphatic heterocycles. The number of halogens is 1. The molecule has 3 N–H and O–H groups in total. The first kappa shape index (κ1) is 11.6. The van der Waals surface area contributed by atoms with Crippen molar-refractivity contribution in [2.75, 3.05) is 6.54 Å². The van der Waals surface area contributed by atoms with Gasteiger partial charge in [-0.25, -0.2) is 4.39 Å². The zero-order valence-corrected chi connectivity index (χ0v) is 9.36. The summed E-state index contributed by atoms with van der Waals surface area (Å²) in [5, 5.41) is 9.14. The van der Waals surface area contributed by atoms with Crippen LogP contribution < -0.4 is 5.73 Å². The number of hydrogen-bond donors (Lipinski definition) is 2. The van der Waals surface area contributed by atoms with Crippen molar-refractivity contribution in [1.82, 2.24) is 0 Å². The van der Waals surface area contributed by atoms with Crippen LogP contribution in [0.15, 0.2) is 42.5 Å². The summed E-state index contributed by atoms with van der Waals surface area (Å²) in [4.78, 5) is 0. The van der Waals surface area contributed by atoms with Gasteiger partial charge in [-0.3, -0.25) is 0 Å². The highest BCUT2D eigenvalue weighted by molar-refractivity contribution is 5.65. The number of aromatic hydroxyl groups is 1. The van der Waals surface area contributed by atoms with Gasteiger partial charge in [0.05, 0.1) is 0 Å². The highest BCUT2D eigenvalue weighted by Gasteiger charge is 2.05. The Morgan fingerprint density at radius 3 is 2.35 bits per heavy atom. The first-order valence-corrected chi connectivity index (χ1v) is 5.48. The molecule has 0 aromatic heterocycles. The molecule has 0 spiro atoms. The Labute approximate surface area is 99.5 Å². The Morgan fingerprint density at radius 1 is 1.06 bits per heavy atom. The van der Waals surface area contributed by atoms with Crippen molar-refractivity contribution in [1.29, 1.82) is 0 Å². The van der Waals surface area contributed by atoms with Crippen LogP contribution in [0.5, 0.6) is 5.75 Å². The lowest BCUT2D eigenvalue weighted by atomic mass is 10.0. The Hall–Kier alpha value is -1.87. The molecule has 88 valence electrons. The fourth-order valence-corrected chi connectivity index (χ4v) is 1.76. The predicted octanol–water partition coefficient (Wildman–Crippen LogP) is 2.70. The van der Waals surface area contributed by atoms with Crippen LogP contribution in [0.4, 0.5) is 4.39 Å². The molecule has 2 rings (SSSR count). The molecule has 0 heterocycles. The van der Waals surface area contributed by atoms with E-state index in [2.05, 4.69) is 0 Å². The number of hydrogen-bond acceptors (Lipinski definition) is 2. The Morgan fingerprint density at radius 2 is 1.76 bits per heavy atom. The van der Waals surface area contributed by atoms with Crippen molar-refractivity contribution in [3.8, 4) is 16.9 Å². The van der Waals surface area contributed by atoms with Gasteiger partial charge < -0.3 is 10.8 Å². The highest BCUT2D eigenvalue weighted by atomic mass is 19.1. The van der Waals surface area contributed by atoms with Gasteiger partial charge in [-0.2, -0.15) is 0 Å². The van der Waals surface area contributed by atoms with E-state index >= 15 is 0 Å². The maximum atomic E-state index is 13.6. The minimum atomic E-state index is -0.420. The van der Waals surface area contributed by atoms with E-state index in [9.17, 15) is 4.39 Å². The average molecular weight is 231 g/mol. The van der Waals surface area contributed by atoms with Crippen molar-refractivity contribution < 1.29 is 9.50 Å². The molecule has 0 amide bonds. The van der Waals surface area contributed by atoms with Crippen LogP contribution in [-0.2, 0) is 6.42 Å². The fourth-order valence-electron chi connectivity index (χ4n) is 1.76. The molecule has 0 fully saturated rings. The first-order chi connectivity index (χ1) is 8.20. The number of benzene rings is 2. The average Bonchev–Trinajstić information content (AvgIpc) is 2.31. The molecule has 0 aliphatic rings. The van der Waals surface area contributed by atoms with Gasteiger partial charge >= 0.3 is 0 Å². The lowest BCUT2D eigenvalue weighted by molar-refractivity contribution is 0.469. The molecule has 2 aromatic rings. The molecule has 2 nitrogen and oxygen atoms in total. The third-order valence-electron chi connectivity index (χ3n) is 2.65. The van der Waals surface area contributed by atoms with Crippen LogP contribution >= 0.6 is 0 Å². The molecule has 0 saturated carbocycles. The smallest absolute Gasteiger partial charge is 0.134 e. The second-order valence-electron chi connectivity index (χ2n) is 3.90. The van der Waals surface area contributed by atoms with Crippen LogP contribution in [0.3, 0.4) is 0 Å². The van der Waals surface area contributed by atoms with Crippen molar-refractivity contribution >= 4 is 0 Å². The van der Waals surface area contributed by atoms with Gasteiger partial charge in [0.15, 0.2) is 0 Å². The van der Waals surface area contributed by atoms with Gasteiger partial charge in [0, 0.05) is 11.6 Å². The van der Waals surface area contributed by atoms with E-state index in [4.69, 9.17) is 10.8 Å². The van der Waals surface area contributed by atoms with Crippen molar-refractivity contribution in [2.45, 2.75) is 6.42 Å². The SMILES string of the molecule is NCCc1ccc(-c2ccc(O)cc2F)cc1. The van der Waals surface area contributed by atoms with Crippen molar-refractivity contribution in [3.05, 3.63) is 53.8 Å². The number of phenols is 1. The summed E-state index contributed by atoms with van der Waals surface area (Å²) in [5.74, 6) is -0.484. The lowest BCUT2D eigenvalue weighted by Crippen LogP contribution is -2.02. The molecule has 0 atom stereocenters. The summed E-state index contributed by atoms with van der Waals surface area (Å²) in [5.41, 5.74) is 7.88. The van der Waals surface area contributed by atoms with Crippen molar-refractivity contribution in [3.63, 3.8) is 0 Å². The van der Waals surface area contributed by atoms with E-state index in [1.54, 1.807) is 6.07 Å². The molecular weight excluding hydrogens is 217 g/mol. The van der Waals surface area contributed by atoms with Gasteiger partial charge in [-0.1, -0.05) is 24.3 Å². The third kappa shape index (κ3) is 2.63. The van der Waals surface area contributed by atoms with E-state index in [1.807, 2.05) is 24.3 Å². The molecule has 0 aliphatic carbocycles. The topological polar surface area (TPSA) is 46.2 Å². The minimum Gasteiger partial charge on any atom is -0.508 e. The van der Waals surface area contributed by atoms with E-state index in [0.29, 0.717) is 12.1 Å². The van der Waals surface area contributed by atoms with Crippen LogP contribution in [0.1, 0.15) is 5.56 Å². The molecule has 17 heavy (non-hydrogen) atoms. The summed E-state index contributed by atoms with van der Waals surface area (Å²) in [6, 6.07) is 11.8. The Kier molecular flexibility index (Phi) is 3.40. The summed E-state index contributed by atoms with van der Waals surface area (Å²) in [6.07, 6.45) is 0.818. The normalized spacial score (nSPS) is 10.5. The van der Waals surface area contributed by atoms with Crippen molar-refractivity contribution in [2.24, 2.45) is 5.73 Å². The molecular formula is C14H14FNO. The van der Waals surface area contributed by atoms with Crippen LogP contribution in [-0.4, -0.2) is 11.7 Å². The van der Waals surface area contributed by atoms with Gasteiger partial charge in [-0.05, 0) is 36.2 Å². The molecule has 2 aromatic carbocycles. The summed E-state index contributed by atoms with van der Waals surface area (Å²) in [7, 11) is 0. The number of phenolic OH excluding ortho intramolecular Hbond substituents is 1. The number of nitrogens with two attached hydrogens (primary N) is 1. The van der Waals surface area contributed by atoms with Gasteiger partial charge in [0.2, 0.25) is 0 Å². The summed E-state index contributed by atoms with van der Waals surface area (Å²) >= 11 is 0. The number of rotatable bonds is 3. The minimum absolute atomic E-state index is 0.0639.